The van der Waals surface area contributed by atoms with Gasteiger partial charge in [-0.15, -0.1) is 0 Å². The highest BCUT2D eigenvalue weighted by Crippen LogP contribution is 2.14. The van der Waals surface area contributed by atoms with Crippen LogP contribution in [-0.2, 0) is 28.6 Å². The summed E-state index contributed by atoms with van der Waals surface area (Å²) in [5.74, 6) is -1.51. The molecular weight excluding hydrogens is 823 g/mol. The van der Waals surface area contributed by atoms with Crippen molar-refractivity contribution in [2.24, 2.45) is 0 Å². The molecule has 0 radical (unpaired) electrons. The average molecular weight is 919 g/mol. The van der Waals surface area contributed by atoms with Gasteiger partial charge in [0.2, 0.25) is 0 Å². The lowest BCUT2D eigenvalue weighted by atomic mass is 10.1. The number of allylic oxidation sites excluding steroid dienone is 18. The number of hydrogen-bond acceptors (Lipinski definition) is 6. The largest absolute Gasteiger partial charge is 0.477 e. The van der Waals surface area contributed by atoms with E-state index in [1.54, 1.807) is 0 Å². The fraction of sp³-hybridized carbons (Fsp3) is 0.638. The van der Waals surface area contributed by atoms with Crippen molar-refractivity contribution in [3.05, 3.63) is 109 Å². The SMILES string of the molecule is CC/C=C/C/C=C/C/C=C/C/C=C/C/C=C/CCCCCCCCC(=O)OCC(COCCC(C(=O)O)[N+](C)(C)C)OC(=O)CCCCCCCCC/C=C/C/C=C/C/C=C/C/C=C/CC. The molecule has 0 amide bonds. The number of nitrogens with zero attached hydrogens (tertiary/aromatic N) is 1. The Balaban J connectivity index is 4.32. The Morgan fingerprint density at radius 2 is 0.803 bits per heavy atom. The molecule has 0 heterocycles. The Morgan fingerprint density at radius 1 is 0.455 bits per heavy atom. The molecule has 0 rings (SSSR count). The number of quaternary nitrogens is 1. The van der Waals surface area contributed by atoms with Crippen molar-refractivity contribution in [3.8, 4) is 0 Å². The summed E-state index contributed by atoms with van der Waals surface area (Å²) in [6.45, 7) is 4.48. The van der Waals surface area contributed by atoms with Crippen LogP contribution in [0, 0.1) is 0 Å². The van der Waals surface area contributed by atoms with Gasteiger partial charge in [0, 0.05) is 19.3 Å². The van der Waals surface area contributed by atoms with Gasteiger partial charge in [0.25, 0.3) is 0 Å². The molecule has 0 fully saturated rings. The number of carbonyl (C=O) groups is 3. The highest BCUT2D eigenvalue weighted by Gasteiger charge is 2.31. The van der Waals surface area contributed by atoms with Crippen LogP contribution in [0.2, 0.25) is 0 Å². The van der Waals surface area contributed by atoms with Crippen LogP contribution in [0.3, 0.4) is 0 Å². The quantitative estimate of drug-likeness (QED) is 0.0281. The van der Waals surface area contributed by atoms with Gasteiger partial charge in [0.1, 0.15) is 6.61 Å². The van der Waals surface area contributed by atoms with Crippen molar-refractivity contribution >= 4 is 17.9 Å². The van der Waals surface area contributed by atoms with Crippen LogP contribution in [0.25, 0.3) is 0 Å². The number of hydrogen-bond donors (Lipinski definition) is 1. The number of carboxylic acid groups (broad SMARTS) is 1. The number of carbonyl (C=O) groups excluding carboxylic acids is 2. The van der Waals surface area contributed by atoms with Crippen molar-refractivity contribution in [1.29, 1.82) is 0 Å². The van der Waals surface area contributed by atoms with Crippen LogP contribution >= 0.6 is 0 Å². The van der Waals surface area contributed by atoms with Gasteiger partial charge in [-0.2, -0.15) is 0 Å². The topological polar surface area (TPSA) is 99.1 Å². The molecule has 8 nitrogen and oxygen atoms in total. The van der Waals surface area contributed by atoms with E-state index in [4.69, 9.17) is 14.2 Å². The molecule has 0 bridgehead atoms. The minimum Gasteiger partial charge on any atom is -0.477 e. The summed E-state index contributed by atoms with van der Waals surface area (Å²) in [7, 11) is 5.52. The average Bonchev–Trinajstić information content (AvgIpc) is 3.28. The Bertz CT molecular complexity index is 1440. The number of rotatable bonds is 45. The minimum absolute atomic E-state index is 0.0447. The second-order valence-electron chi connectivity index (χ2n) is 18.0. The van der Waals surface area contributed by atoms with Gasteiger partial charge < -0.3 is 23.8 Å². The molecule has 0 saturated carbocycles. The summed E-state index contributed by atoms with van der Waals surface area (Å²) in [4.78, 5) is 37.2. The highest BCUT2D eigenvalue weighted by molar-refractivity contribution is 5.72. The van der Waals surface area contributed by atoms with Crippen LogP contribution < -0.4 is 0 Å². The lowest BCUT2D eigenvalue weighted by Gasteiger charge is -2.31. The van der Waals surface area contributed by atoms with Gasteiger partial charge in [0.05, 0.1) is 34.4 Å². The molecular formula is C58H96NO7+. The molecule has 0 spiro atoms. The smallest absolute Gasteiger partial charge is 0.362 e. The van der Waals surface area contributed by atoms with Gasteiger partial charge in [-0.1, -0.05) is 181 Å². The van der Waals surface area contributed by atoms with Crippen LogP contribution in [-0.4, -0.2) is 80.6 Å². The van der Waals surface area contributed by atoms with E-state index in [1.165, 1.54) is 32.1 Å². The predicted octanol–water partition coefficient (Wildman–Crippen LogP) is 15.2. The van der Waals surface area contributed by atoms with Gasteiger partial charge in [0.15, 0.2) is 12.1 Å². The molecule has 2 unspecified atom stereocenters. The van der Waals surface area contributed by atoms with Crippen LogP contribution in [0.1, 0.15) is 187 Å². The molecule has 0 aliphatic rings. The summed E-state index contributed by atoms with van der Waals surface area (Å²) >= 11 is 0. The van der Waals surface area contributed by atoms with E-state index in [2.05, 4.69) is 123 Å². The lowest BCUT2D eigenvalue weighted by Crippen LogP contribution is -2.50. The summed E-state index contributed by atoms with van der Waals surface area (Å²) in [5.41, 5.74) is 0. The van der Waals surface area contributed by atoms with Crippen molar-refractivity contribution in [3.63, 3.8) is 0 Å². The Labute approximate surface area is 404 Å². The third-order valence-electron chi connectivity index (χ3n) is 10.9. The normalized spacial score (nSPS) is 13.8. The summed E-state index contributed by atoms with van der Waals surface area (Å²) in [5, 5.41) is 9.66. The van der Waals surface area contributed by atoms with Gasteiger partial charge in [-0.3, -0.25) is 9.59 Å². The number of aliphatic carboxylic acids is 1. The summed E-state index contributed by atoms with van der Waals surface area (Å²) in [6, 6.07) is -0.627. The maximum atomic E-state index is 12.8. The van der Waals surface area contributed by atoms with Crippen molar-refractivity contribution in [1.82, 2.24) is 0 Å². The second-order valence-corrected chi connectivity index (χ2v) is 18.0. The molecule has 0 aromatic rings. The first-order chi connectivity index (χ1) is 32.1. The Morgan fingerprint density at radius 3 is 1.18 bits per heavy atom. The fourth-order valence-corrected chi connectivity index (χ4v) is 6.99. The molecule has 66 heavy (non-hydrogen) atoms. The maximum absolute atomic E-state index is 12.8. The van der Waals surface area contributed by atoms with Gasteiger partial charge in [-0.05, 0) is 96.3 Å². The Kier molecular flexibility index (Phi) is 44.6. The van der Waals surface area contributed by atoms with E-state index in [-0.39, 0.29) is 36.2 Å². The minimum atomic E-state index is -0.883. The van der Waals surface area contributed by atoms with Crippen LogP contribution in [0.5, 0.6) is 0 Å². The van der Waals surface area contributed by atoms with Crippen molar-refractivity contribution < 1.29 is 38.2 Å². The Hall–Kier alpha value is -4.01. The van der Waals surface area contributed by atoms with Crippen LogP contribution in [0.4, 0.5) is 0 Å². The lowest BCUT2D eigenvalue weighted by molar-refractivity contribution is -0.887. The number of esters is 2. The van der Waals surface area contributed by atoms with E-state index in [1.807, 2.05) is 21.1 Å². The third-order valence-corrected chi connectivity index (χ3v) is 10.9. The molecule has 0 aliphatic heterocycles. The van der Waals surface area contributed by atoms with Crippen molar-refractivity contribution in [2.75, 3.05) is 41.0 Å². The van der Waals surface area contributed by atoms with Gasteiger partial charge >= 0.3 is 17.9 Å². The molecule has 0 aromatic carbocycles. The molecule has 0 aromatic heterocycles. The highest BCUT2D eigenvalue weighted by atomic mass is 16.6. The summed E-state index contributed by atoms with van der Waals surface area (Å²) < 4.78 is 17.3. The molecule has 1 N–H and O–H groups in total. The standard InChI is InChI=1S/C58H95NO7/c1-6-8-10-12-14-16-18-20-22-24-26-28-29-31-32-34-36-38-40-42-44-46-48-56(60)65-53-54(52-64-51-50-55(58(62)63)59(3,4)5)66-57(61)49-47-45-43-41-39-37-35-33-30-27-25-23-21-19-17-15-13-11-9-7-2/h8-11,14-17,20-23,26-28,30-32,54-55H,6-7,12-13,18-19,24-25,29,33-53H2,1-5H3/p+1/b10-8+,11-9+,16-14+,17-15+,22-20+,23-21+,28-26+,30-27+,32-31+. The van der Waals surface area contributed by atoms with E-state index >= 15 is 0 Å². The molecule has 0 saturated heterocycles. The van der Waals surface area contributed by atoms with Gasteiger partial charge in [-0.25, -0.2) is 4.79 Å². The zero-order valence-corrected chi connectivity index (χ0v) is 42.6. The van der Waals surface area contributed by atoms with E-state index in [0.29, 0.717) is 19.3 Å². The van der Waals surface area contributed by atoms with Crippen molar-refractivity contribution in [2.45, 2.75) is 199 Å². The first-order valence-electron chi connectivity index (χ1n) is 25.9. The van der Waals surface area contributed by atoms with E-state index in [9.17, 15) is 19.5 Å². The van der Waals surface area contributed by atoms with E-state index < -0.39 is 18.1 Å². The summed E-state index contributed by atoms with van der Waals surface area (Å²) in [6.07, 6.45) is 65.6. The fourth-order valence-electron chi connectivity index (χ4n) is 6.99. The van der Waals surface area contributed by atoms with Crippen LogP contribution in [0.15, 0.2) is 109 Å². The third kappa shape index (κ3) is 45.2. The number of ether oxygens (including phenoxy) is 3. The monoisotopic (exact) mass is 919 g/mol. The first-order valence-corrected chi connectivity index (χ1v) is 25.9. The number of likely N-dealkylation sites (N-methyl/N-ethyl adjacent to an activating group) is 1. The molecule has 0 aliphatic carbocycles. The van der Waals surface area contributed by atoms with E-state index in [0.717, 1.165) is 122 Å². The zero-order valence-electron chi connectivity index (χ0n) is 42.6. The number of carboxylic acids is 1. The molecule has 8 heteroatoms. The zero-order chi connectivity index (χ0) is 48.4. The first kappa shape index (κ1) is 62.0. The molecule has 374 valence electrons. The number of unbranched alkanes of at least 4 members (excludes halogenated alkanes) is 13. The second kappa shape index (κ2) is 47.5. The molecule has 2 atom stereocenters. The maximum Gasteiger partial charge on any atom is 0.362 e. The predicted molar refractivity (Wildman–Crippen MR) is 279 cm³/mol.